The van der Waals surface area contributed by atoms with Gasteiger partial charge in [-0.3, -0.25) is 19.2 Å². The summed E-state index contributed by atoms with van der Waals surface area (Å²) in [5.41, 5.74) is -0.895. The number of thioether (sulfide) groups is 1. The summed E-state index contributed by atoms with van der Waals surface area (Å²) in [4.78, 5) is 56.5. The first-order valence-electron chi connectivity index (χ1n) is 12.8. The van der Waals surface area contributed by atoms with Crippen molar-refractivity contribution >= 4 is 68.1 Å². The number of amides is 3. The minimum absolute atomic E-state index is 0.121. The molecule has 2 aliphatic heterocycles. The SMILES string of the molecule is O=C(COc1ccc(Br)cc1[C@@H]1c2sc(=O)[nH]c2S[C@H]2C(=O)N(c3ccc(F)cc3)C(=O)[C@@H]12)Nc1ccccc1C(F)(F)F. The zero-order chi connectivity index (χ0) is 31.3. The van der Waals surface area contributed by atoms with Gasteiger partial charge in [0.05, 0.1) is 27.9 Å². The van der Waals surface area contributed by atoms with Gasteiger partial charge in [0.25, 0.3) is 5.91 Å². The number of nitrogens with one attached hydrogen (secondary N) is 2. The normalized spacial score (nSPS) is 19.5. The number of rotatable bonds is 6. The maximum absolute atomic E-state index is 13.9. The van der Waals surface area contributed by atoms with Crippen molar-refractivity contribution in [2.45, 2.75) is 22.4 Å². The summed E-state index contributed by atoms with van der Waals surface area (Å²) in [6.07, 6.45) is -4.69. The standard InChI is InChI=1S/C29H18BrF4N3O5S2/c30-13-5-10-19(42-12-20(38)35-18-4-2-1-3-17(18)29(32,33)34)16(11-13)21-22-24(43-25-23(21)44-28(41)36-25)27(40)37(26(22)39)15-8-6-14(31)7-9-15/h1-11,21-22,24H,12H2,(H,35,38)(H,36,41)/t21-,22-,24+/m0/s1. The van der Waals surface area contributed by atoms with Gasteiger partial charge in [0.2, 0.25) is 11.8 Å². The van der Waals surface area contributed by atoms with Gasteiger partial charge < -0.3 is 15.0 Å². The largest absolute Gasteiger partial charge is 0.483 e. The number of ether oxygens (including phenoxy) is 1. The quantitative estimate of drug-likeness (QED) is 0.183. The Bertz CT molecular complexity index is 1860. The van der Waals surface area contributed by atoms with Crippen LogP contribution >= 0.6 is 39.0 Å². The first kappa shape index (κ1) is 30.1. The number of hydrogen-bond acceptors (Lipinski definition) is 7. The van der Waals surface area contributed by atoms with E-state index in [-0.39, 0.29) is 11.4 Å². The van der Waals surface area contributed by atoms with E-state index in [0.717, 1.165) is 52.3 Å². The molecule has 3 heterocycles. The van der Waals surface area contributed by atoms with Crippen LogP contribution in [0.2, 0.25) is 0 Å². The Morgan fingerprint density at radius 1 is 1.02 bits per heavy atom. The Hall–Kier alpha value is -3.95. The highest BCUT2D eigenvalue weighted by Gasteiger charge is 2.57. The number of nitrogens with zero attached hydrogens (tertiary/aromatic N) is 1. The van der Waals surface area contributed by atoms with Gasteiger partial charge in [-0.15, -0.1) is 0 Å². The molecule has 3 aromatic carbocycles. The summed E-state index contributed by atoms with van der Waals surface area (Å²) < 4.78 is 60.2. The van der Waals surface area contributed by atoms with Crippen LogP contribution in [0.5, 0.6) is 5.75 Å². The summed E-state index contributed by atoms with van der Waals surface area (Å²) >= 11 is 5.33. The molecule has 0 unspecified atom stereocenters. The van der Waals surface area contributed by atoms with E-state index in [2.05, 4.69) is 26.2 Å². The predicted molar refractivity (Wildman–Crippen MR) is 159 cm³/mol. The molecule has 8 nitrogen and oxygen atoms in total. The molecule has 6 rings (SSSR count). The highest BCUT2D eigenvalue weighted by molar-refractivity contribution is 9.10. The van der Waals surface area contributed by atoms with Crippen LogP contribution in [-0.4, -0.2) is 34.6 Å². The van der Waals surface area contributed by atoms with Gasteiger partial charge in [0.15, 0.2) is 6.61 Å². The number of carbonyl (C=O) groups excluding carboxylic acids is 3. The second-order valence-electron chi connectivity index (χ2n) is 9.80. The van der Waals surface area contributed by atoms with Crippen molar-refractivity contribution in [1.29, 1.82) is 0 Å². The molecule has 226 valence electrons. The van der Waals surface area contributed by atoms with Crippen molar-refractivity contribution in [1.82, 2.24) is 4.98 Å². The van der Waals surface area contributed by atoms with E-state index in [1.807, 2.05) is 0 Å². The molecule has 15 heteroatoms. The minimum Gasteiger partial charge on any atom is -0.483 e. The monoisotopic (exact) mass is 707 g/mol. The van der Waals surface area contributed by atoms with Crippen molar-refractivity contribution in [3.05, 3.63) is 103 Å². The van der Waals surface area contributed by atoms with Crippen LogP contribution in [0.1, 0.15) is 21.9 Å². The predicted octanol–water partition coefficient (Wildman–Crippen LogP) is 6.17. The summed E-state index contributed by atoms with van der Waals surface area (Å²) in [5.74, 6) is -4.27. The highest BCUT2D eigenvalue weighted by Crippen LogP contribution is 2.54. The van der Waals surface area contributed by atoms with Crippen molar-refractivity contribution < 1.29 is 36.7 Å². The van der Waals surface area contributed by atoms with Crippen LogP contribution in [-0.2, 0) is 20.6 Å². The second kappa shape index (κ2) is 11.5. The number of halogens is 5. The third-order valence-electron chi connectivity index (χ3n) is 7.08. The van der Waals surface area contributed by atoms with Crippen LogP contribution in [0, 0.1) is 11.7 Å². The molecule has 0 radical (unpaired) electrons. The first-order chi connectivity index (χ1) is 20.9. The number of imide groups is 1. The number of aromatic nitrogens is 1. The van der Waals surface area contributed by atoms with E-state index in [9.17, 15) is 36.7 Å². The zero-order valence-electron chi connectivity index (χ0n) is 22.0. The Labute approximate surface area is 262 Å². The number of anilines is 2. The number of benzene rings is 3. The lowest BCUT2D eigenvalue weighted by Crippen LogP contribution is -2.32. The van der Waals surface area contributed by atoms with E-state index in [1.165, 1.54) is 30.3 Å². The van der Waals surface area contributed by atoms with Gasteiger partial charge in [-0.1, -0.05) is 51.2 Å². The van der Waals surface area contributed by atoms with Crippen molar-refractivity contribution in [3.63, 3.8) is 0 Å². The fourth-order valence-corrected chi connectivity index (χ4v) is 8.14. The third kappa shape index (κ3) is 5.55. The molecule has 1 saturated heterocycles. The number of fused-ring (bicyclic) bond motifs is 2. The number of alkyl halides is 3. The molecule has 0 saturated carbocycles. The molecule has 1 aromatic heterocycles. The van der Waals surface area contributed by atoms with E-state index < -0.39 is 69.5 Å². The lowest BCUT2D eigenvalue weighted by molar-refractivity contribution is -0.137. The third-order valence-corrected chi connectivity index (χ3v) is 9.98. The molecule has 44 heavy (non-hydrogen) atoms. The molecule has 2 N–H and O–H groups in total. The Balaban J connectivity index is 1.34. The number of aromatic amines is 1. The van der Waals surface area contributed by atoms with Gasteiger partial charge in [-0.25, -0.2) is 9.29 Å². The number of para-hydroxylation sites is 1. The Kier molecular flexibility index (Phi) is 7.88. The maximum Gasteiger partial charge on any atom is 0.418 e. The average Bonchev–Trinajstić information content (AvgIpc) is 3.46. The molecule has 0 spiro atoms. The molecular formula is C29H18BrF4N3O5S2. The summed E-state index contributed by atoms with van der Waals surface area (Å²) in [5, 5.41) is 1.68. The summed E-state index contributed by atoms with van der Waals surface area (Å²) in [7, 11) is 0. The van der Waals surface area contributed by atoms with Crippen molar-refractivity contribution in [2.24, 2.45) is 5.92 Å². The highest BCUT2D eigenvalue weighted by atomic mass is 79.9. The van der Waals surface area contributed by atoms with E-state index in [4.69, 9.17) is 4.74 Å². The van der Waals surface area contributed by atoms with Gasteiger partial charge in [-0.05, 0) is 54.6 Å². The fraction of sp³-hybridized carbons (Fsp3) is 0.172. The molecule has 3 amide bonds. The van der Waals surface area contributed by atoms with Crippen LogP contribution in [0.15, 0.2) is 81.0 Å². The topological polar surface area (TPSA) is 109 Å². The van der Waals surface area contributed by atoms with Crippen LogP contribution in [0.4, 0.5) is 28.9 Å². The number of carbonyl (C=O) groups is 3. The summed E-state index contributed by atoms with van der Waals surface area (Å²) in [6, 6.07) is 14.2. The van der Waals surface area contributed by atoms with Crippen LogP contribution < -0.4 is 19.8 Å². The number of thiazole rings is 1. The lowest BCUT2D eigenvalue weighted by Gasteiger charge is -2.31. The Morgan fingerprint density at radius 2 is 1.75 bits per heavy atom. The fourth-order valence-electron chi connectivity index (χ4n) is 5.26. The molecule has 0 aliphatic carbocycles. The lowest BCUT2D eigenvalue weighted by atomic mass is 9.82. The molecule has 0 bridgehead atoms. The van der Waals surface area contributed by atoms with Gasteiger partial charge in [0.1, 0.15) is 16.8 Å². The minimum atomic E-state index is -4.69. The van der Waals surface area contributed by atoms with Gasteiger partial charge in [-0.2, -0.15) is 13.2 Å². The van der Waals surface area contributed by atoms with Crippen molar-refractivity contribution in [2.75, 3.05) is 16.8 Å². The van der Waals surface area contributed by atoms with E-state index in [0.29, 0.717) is 19.9 Å². The molecule has 1 fully saturated rings. The molecular weight excluding hydrogens is 690 g/mol. The van der Waals surface area contributed by atoms with Crippen LogP contribution in [0.25, 0.3) is 0 Å². The molecule has 2 aliphatic rings. The smallest absolute Gasteiger partial charge is 0.418 e. The maximum atomic E-state index is 13.9. The van der Waals surface area contributed by atoms with Crippen LogP contribution in [0.3, 0.4) is 0 Å². The number of hydrogen-bond donors (Lipinski definition) is 2. The average molecular weight is 709 g/mol. The molecule has 4 aromatic rings. The number of H-pyrrole nitrogens is 1. The second-order valence-corrected chi connectivity index (χ2v) is 12.9. The molecule has 3 atom stereocenters. The Morgan fingerprint density at radius 3 is 2.48 bits per heavy atom. The van der Waals surface area contributed by atoms with Gasteiger partial charge in [0, 0.05) is 20.8 Å². The van der Waals surface area contributed by atoms with Gasteiger partial charge >= 0.3 is 11.0 Å². The summed E-state index contributed by atoms with van der Waals surface area (Å²) in [6.45, 7) is -0.679. The first-order valence-corrected chi connectivity index (χ1v) is 15.3. The zero-order valence-corrected chi connectivity index (χ0v) is 25.2. The van der Waals surface area contributed by atoms with Crippen molar-refractivity contribution in [3.8, 4) is 5.75 Å². The van der Waals surface area contributed by atoms with E-state index >= 15 is 0 Å². The van der Waals surface area contributed by atoms with E-state index in [1.54, 1.807) is 12.1 Å².